The highest BCUT2D eigenvalue weighted by Gasteiger charge is 2.31. The molecule has 17 heavy (non-hydrogen) atoms. The van der Waals surface area contributed by atoms with Gasteiger partial charge in [-0.15, -0.1) is 0 Å². The normalized spacial score (nSPS) is 30.3. The number of hydrogen-bond acceptors (Lipinski definition) is 3. The van der Waals surface area contributed by atoms with Crippen molar-refractivity contribution in [3.05, 3.63) is 0 Å². The van der Waals surface area contributed by atoms with Gasteiger partial charge in [-0.1, -0.05) is 6.42 Å². The van der Waals surface area contributed by atoms with Crippen molar-refractivity contribution >= 4 is 5.91 Å². The van der Waals surface area contributed by atoms with E-state index in [1.807, 2.05) is 4.90 Å². The van der Waals surface area contributed by atoms with E-state index < -0.39 is 0 Å². The number of amides is 1. The summed E-state index contributed by atoms with van der Waals surface area (Å²) in [7, 11) is 0. The zero-order valence-corrected chi connectivity index (χ0v) is 10.5. The Balaban J connectivity index is 1.94. The van der Waals surface area contributed by atoms with Crippen molar-refractivity contribution in [1.29, 1.82) is 0 Å². The number of aliphatic hydroxyl groups excluding tert-OH is 1. The maximum Gasteiger partial charge on any atom is 0.239 e. The largest absolute Gasteiger partial charge is 0.396 e. The smallest absolute Gasteiger partial charge is 0.239 e. The molecule has 1 amide bonds. The van der Waals surface area contributed by atoms with Gasteiger partial charge in [0.1, 0.15) is 0 Å². The number of piperidine rings is 2. The monoisotopic (exact) mass is 240 g/mol. The number of nitrogens with zero attached hydrogens (tertiary/aromatic N) is 1. The molecule has 0 aromatic rings. The van der Waals surface area contributed by atoms with E-state index in [1.54, 1.807) is 0 Å². The summed E-state index contributed by atoms with van der Waals surface area (Å²) in [4.78, 5) is 14.4. The highest BCUT2D eigenvalue weighted by atomic mass is 16.3. The van der Waals surface area contributed by atoms with Gasteiger partial charge in [0, 0.05) is 19.2 Å². The van der Waals surface area contributed by atoms with Gasteiger partial charge < -0.3 is 15.3 Å². The van der Waals surface area contributed by atoms with Crippen LogP contribution in [0.4, 0.5) is 0 Å². The third-order valence-electron chi connectivity index (χ3n) is 3.98. The summed E-state index contributed by atoms with van der Waals surface area (Å²) in [5, 5.41) is 12.4. The Hall–Kier alpha value is -0.610. The van der Waals surface area contributed by atoms with Gasteiger partial charge in [-0.05, 0) is 45.1 Å². The zero-order valence-electron chi connectivity index (χ0n) is 10.5. The minimum Gasteiger partial charge on any atom is -0.396 e. The average Bonchev–Trinajstić information content (AvgIpc) is 2.40. The first-order valence-electron chi connectivity index (χ1n) is 6.97. The fourth-order valence-corrected chi connectivity index (χ4v) is 3.00. The summed E-state index contributed by atoms with van der Waals surface area (Å²) in [5.74, 6) is 0.267. The van der Waals surface area contributed by atoms with Crippen LogP contribution in [0.15, 0.2) is 0 Å². The molecule has 4 nitrogen and oxygen atoms in total. The molecule has 0 spiro atoms. The minimum absolute atomic E-state index is 0.0306. The molecular formula is C13H24N2O2. The second-order valence-electron chi connectivity index (χ2n) is 5.20. The first kappa shape index (κ1) is 12.8. The van der Waals surface area contributed by atoms with Gasteiger partial charge in [-0.3, -0.25) is 4.79 Å². The first-order chi connectivity index (χ1) is 8.33. The van der Waals surface area contributed by atoms with Crippen molar-refractivity contribution in [2.75, 3.05) is 19.7 Å². The first-order valence-corrected chi connectivity index (χ1v) is 6.97. The van der Waals surface area contributed by atoms with Crippen molar-refractivity contribution < 1.29 is 9.90 Å². The van der Waals surface area contributed by atoms with Crippen LogP contribution in [0.25, 0.3) is 0 Å². The molecule has 0 aliphatic carbocycles. The van der Waals surface area contributed by atoms with E-state index in [2.05, 4.69) is 5.32 Å². The van der Waals surface area contributed by atoms with E-state index in [-0.39, 0.29) is 24.6 Å². The molecular weight excluding hydrogens is 216 g/mol. The molecule has 2 saturated heterocycles. The fourth-order valence-electron chi connectivity index (χ4n) is 3.00. The summed E-state index contributed by atoms with van der Waals surface area (Å²) in [5.41, 5.74) is 0. The molecule has 2 N–H and O–H groups in total. The van der Waals surface area contributed by atoms with Crippen molar-refractivity contribution in [2.45, 2.75) is 57.0 Å². The Bertz CT molecular complexity index is 250. The van der Waals surface area contributed by atoms with Crippen molar-refractivity contribution in [2.24, 2.45) is 0 Å². The number of hydrogen-bond donors (Lipinski definition) is 2. The molecule has 0 bridgehead atoms. The second-order valence-corrected chi connectivity index (χ2v) is 5.20. The molecule has 98 valence electrons. The number of carbonyl (C=O) groups excluding carboxylic acids is 1. The lowest BCUT2D eigenvalue weighted by Gasteiger charge is -2.38. The van der Waals surface area contributed by atoms with Crippen molar-refractivity contribution in [3.63, 3.8) is 0 Å². The van der Waals surface area contributed by atoms with Crippen LogP contribution in [0.1, 0.15) is 44.9 Å². The molecule has 0 radical (unpaired) electrons. The number of nitrogens with one attached hydrogen (secondary N) is 1. The minimum atomic E-state index is 0.0306. The lowest BCUT2D eigenvalue weighted by Crippen LogP contribution is -2.53. The Morgan fingerprint density at radius 1 is 1.24 bits per heavy atom. The summed E-state index contributed by atoms with van der Waals surface area (Å²) < 4.78 is 0. The molecule has 4 heteroatoms. The van der Waals surface area contributed by atoms with Crippen molar-refractivity contribution in [3.8, 4) is 0 Å². The van der Waals surface area contributed by atoms with E-state index in [1.165, 1.54) is 12.8 Å². The lowest BCUT2D eigenvalue weighted by molar-refractivity contribution is -0.138. The van der Waals surface area contributed by atoms with Gasteiger partial charge >= 0.3 is 0 Å². The molecule has 0 saturated carbocycles. The van der Waals surface area contributed by atoms with E-state index >= 15 is 0 Å². The number of rotatable bonds is 3. The molecule has 2 aliphatic rings. The maximum atomic E-state index is 12.4. The van der Waals surface area contributed by atoms with Crippen LogP contribution in [0.2, 0.25) is 0 Å². The van der Waals surface area contributed by atoms with Crippen LogP contribution in [0.5, 0.6) is 0 Å². The van der Waals surface area contributed by atoms with E-state index in [9.17, 15) is 4.79 Å². The van der Waals surface area contributed by atoms with E-state index in [4.69, 9.17) is 5.11 Å². The highest BCUT2D eigenvalue weighted by Crippen LogP contribution is 2.22. The van der Waals surface area contributed by atoms with Gasteiger partial charge in [-0.2, -0.15) is 0 Å². The van der Waals surface area contributed by atoms with Gasteiger partial charge in [0.05, 0.1) is 6.04 Å². The zero-order chi connectivity index (χ0) is 12.1. The van der Waals surface area contributed by atoms with Crippen LogP contribution in [0.3, 0.4) is 0 Å². The van der Waals surface area contributed by atoms with Crippen molar-refractivity contribution in [1.82, 2.24) is 10.2 Å². The van der Waals surface area contributed by atoms with E-state index in [0.717, 1.165) is 45.2 Å². The predicted octanol–water partition coefficient (Wildman–Crippen LogP) is 0.892. The van der Waals surface area contributed by atoms with Gasteiger partial charge in [0.2, 0.25) is 5.91 Å². The molecule has 2 rings (SSSR count). The van der Waals surface area contributed by atoms with Crippen LogP contribution < -0.4 is 5.32 Å². The van der Waals surface area contributed by atoms with Gasteiger partial charge in [-0.25, -0.2) is 0 Å². The van der Waals surface area contributed by atoms with Gasteiger partial charge in [0.15, 0.2) is 0 Å². The standard InChI is InChI=1S/C13H24N2O2/c16-10-7-11-5-2-4-9-15(11)13(17)12-6-1-3-8-14-12/h11-12,14,16H,1-10H2/t11?,12-/m1/s1. The number of aliphatic hydroxyl groups is 1. The predicted molar refractivity (Wildman–Crippen MR) is 66.7 cm³/mol. The Morgan fingerprint density at radius 3 is 2.76 bits per heavy atom. The molecule has 0 aromatic heterocycles. The lowest BCUT2D eigenvalue weighted by atomic mass is 9.96. The third-order valence-corrected chi connectivity index (χ3v) is 3.98. The topological polar surface area (TPSA) is 52.6 Å². The third kappa shape index (κ3) is 3.19. The summed E-state index contributed by atoms with van der Waals surface area (Å²) in [6, 6.07) is 0.299. The quantitative estimate of drug-likeness (QED) is 0.770. The molecule has 2 atom stereocenters. The van der Waals surface area contributed by atoms with Crippen LogP contribution >= 0.6 is 0 Å². The molecule has 1 unspecified atom stereocenters. The van der Waals surface area contributed by atoms with Crippen LogP contribution in [-0.4, -0.2) is 47.7 Å². The summed E-state index contributed by atoms with van der Waals surface area (Å²) in [6.07, 6.45) is 7.40. The molecule has 2 aliphatic heterocycles. The van der Waals surface area contributed by atoms with E-state index in [0.29, 0.717) is 0 Å². The number of likely N-dealkylation sites (tertiary alicyclic amines) is 1. The Kier molecular flexibility index (Phi) is 4.80. The van der Waals surface area contributed by atoms with Gasteiger partial charge in [0.25, 0.3) is 0 Å². The Labute approximate surface area is 103 Å². The molecule has 2 heterocycles. The average molecular weight is 240 g/mol. The summed E-state index contributed by atoms with van der Waals surface area (Å²) >= 11 is 0. The molecule has 0 aromatic carbocycles. The molecule has 2 fully saturated rings. The SMILES string of the molecule is O=C([C@H]1CCCCN1)N1CCCCC1CCO. The summed E-state index contributed by atoms with van der Waals surface area (Å²) in [6.45, 7) is 2.03. The number of carbonyl (C=O) groups is 1. The van der Waals surface area contributed by atoms with Crippen LogP contribution in [0, 0.1) is 0 Å². The second kappa shape index (κ2) is 6.36. The van der Waals surface area contributed by atoms with Crippen LogP contribution in [-0.2, 0) is 4.79 Å². The highest BCUT2D eigenvalue weighted by molar-refractivity contribution is 5.82. The maximum absolute atomic E-state index is 12.4. The fraction of sp³-hybridized carbons (Fsp3) is 0.923. The Morgan fingerprint density at radius 2 is 2.06 bits per heavy atom.